The van der Waals surface area contributed by atoms with Crippen molar-refractivity contribution in [2.75, 3.05) is 26.3 Å². The van der Waals surface area contributed by atoms with E-state index in [2.05, 4.69) is 41.2 Å². The fourth-order valence-electron chi connectivity index (χ4n) is 3.83. The molecule has 0 bridgehead atoms. The van der Waals surface area contributed by atoms with E-state index in [1.807, 2.05) is 16.9 Å². The summed E-state index contributed by atoms with van der Waals surface area (Å²) < 4.78 is 13.6. The number of likely N-dealkylation sites (tertiary alicyclic amines) is 1. The topological polar surface area (TPSA) is 39.5 Å². The van der Waals surface area contributed by atoms with Crippen molar-refractivity contribution in [2.24, 2.45) is 5.92 Å². The zero-order chi connectivity index (χ0) is 16.4. The molecule has 0 spiro atoms. The van der Waals surface area contributed by atoms with Crippen molar-refractivity contribution in [3.63, 3.8) is 0 Å². The van der Waals surface area contributed by atoms with Gasteiger partial charge in [-0.05, 0) is 50.1 Å². The van der Waals surface area contributed by atoms with E-state index in [0.717, 1.165) is 38.5 Å². The first kappa shape index (κ1) is 15.8. The number of hydrogen-bond acceptors (Lipinski definition) is 4. The standard InChI is InChI=1S/C19H25N3O2/c1-19(23-12-13-24-19)17-4-2-10-21(15-17)14-16-5-7-18(8-6-16)22-11-3-9-20-22/h3,5-9,11,17H,2,4,10,12-15H2,1H3. The molecule has 5 heteroatoms. The zero-order valence-electron chi connectivity index (χ0n) is 14.2. The van der Waals surface area contributed by atoms with E-state index in [1.54, 1.807) is 6.20 Å². The minimum atomic E-state index is -0.386. The lowest BCUT2D eigenvalue weighted by molar-refractivity contribution is -0.192. The number of nitrogens with zero attached hydrogens (tertiary/aromatic N) is 3. The van der Waals surface area contributed by atoms with Crippen molar-refractivity contribution in [1.29, 1.82) is 0 Å². The highest BCUT2D eigenvalue weighted by atomic mass is 16.7. The zero-order valence-corrected chi connectivity index (χ0v) is 14.2. The number of ether oxygens (including phenoxy) is 2. The fourth-order valence-corrected chi connectivity index (χ4v) is 3.83. The molecule has 1 aromatic heterocycles. The third kappa shape index (κ3) is 3.24. The first-order chi connectivity index (χ1) is 11.7. The molecule has 0 amide bonds. The molecule has 0 N–H and O–H groups in total. The molecule has 1 unspecified atom stereocenters. The first-order valence-corrected chi connectivity index (χ1v) is 8.82. The summed E-state index contributed by atoms with van der Waals surface area (Å²) in [5.41, 5.74) is 2.44. The van der Waals surface area contributed by atoms with E-state index in [-0.39, 0.29) is 5.79 Å². The Balaban J connectivity index is 1.39. The molecule has 4 rings (SSSR count). The molecule has 2 aromatic rings. The Morgan fingerprint density at radius 1 is 1.21 bits per heavy atom. The molecule has 5 nitrogen and oxygen atoms in total. The van der Waals surface area contributed by atoms with Gasteiger partial charge in [0, 0.05) is 31.4 Å². The van der Waals surface area contributed by atoms with Crippen LogP contribution in [0.3, 0.4) is 0 Å². The molecule has 0 saturated carbocycles. The lowest BCUT2D eigenvalue weighted by atomic mass is 9.90. The second kappa shape index (κ2) is 6.67. The van der Waals surface area contributed by atoms with Crippen LogP contribution in [0.15, 0.2) is 42.7 Å². The van der Waals surface area contributed by atoms with Gasteiger partial charge in [-0.25, -0.2) is 4.68 Å². The molecule has 3 heterocycles. The highest BCUT2D eigenvalue weighted by Gasteiger charge is 2.41. The number of rotatable bonds is 4. The lowest BCUT2D eigenvalue weighted by Gasteiger charge is -2.40. The van der Waals surface area contributed by atoms with Gasteiger partial charge >= 0.3 is 0 Å². The maximum Gasteiger partial charge on any atom is 0.169 e. The van der Waals surface area contributed by atoms with Crippen molar-refractivity contribution in [3.8, 4) is 5.69 Å². The van der Waals surface area contributed by atoms with Crippen molar-refractivity contribution in [1.82, 2.24) is 14.7 Å². The van der Waals surface area contributed by atoms with Crippen molar-refractivity contribution < 1.29 is 9.47 Å². The van der Waals surface area contributed by atoms with E-state index in [4.69, 9.17) is 9.47 Å². The van der Waals surface area contributed by atoms with Crippen LogP contribution in [0.2, 0.25) is 0 Å². The maximum absolute atomic E-state index is 5.88. The van der Waals surface area contributed by atoms with Crippen molar-refractivity contribution >= 4 is 0 Å². The van der Waals surface area contributed by atoms with Gasteiger partial charge < -0.3 is 9.47 Å². The Morgan fingerprint density at radius 2 is 2.00 bits per heavy atom. The van der Waals surface area contributed by atoms with Crippen LogP contribution in [-0.4, -0.2) is 46.8 Å². The molecule has 2 aliphatic rings. The Kier molecular flexibility index (Phi) is 4.39. The summed E-state index contributed by atoms with van der Waals surface area (Å²) in [7, 11) is 0. The van der Waals surface area contributed by atoms with Crippen LogP contribution < -0.4 is 0 Å². The van der Waals surface area contributed by atoms with Gasteiger partial charge in [0.2, 0.25) is 0 Å². The van der Waals surface area contributed by atoms with Gasteiger partial charge in [0.05, 0.1) is 18.9 Å². The number of aromatic nitrogens is 2. The van der Waals surface area contributed by atoms with Crippen molar-refractivity contribution in [2.45, 2.75) is 32.1 Å². The average Bonchev–Trinajstić information content (AvgIpc) is 3.28. The molecule has 0 aliphatic carbocycles. The molecule has 0 radical (unpaired) electrons. The van der Waals surface area contributed by atoms with E-state index >= 15 is 0 Å². The molecule has 1 aromatic carbocycles. The number of piperidine rings is 1. The van der Waals surface area contributed by atoms with Crippen LogP contribution in [0.4, 0.5) is 0 Å². The van der Waals surface area contributed by atoms with Crippen LogP contribution in [-0.2, 0) is 16.0 Å². The molecular weight excluding hydrogens is 302 g/mol. The minimum absolute atomic E-state index is 0.386. The highest BCUT2D eigenvalue weighted by molar-refractivity contribution is 5.33. The largest absolute Gasteiger partial charge is 0.347 e. The summed E-state index contributed by atoms with van der Waals surface area (Å²) >= 11 is 0. The van der Waals surface area contributed by atoms with Crippen LogP contribution in [0.5, 0.6) is 0 Å². The SMILES string of the molecule is CC1(C2CCCN(Cc3ccc(-n4cccn4)cc3)C2)OCCO1. The number of benzene rings is 1. The quantitative estimate of drug-likeness (QED) is 0.866. The Labute approximate surface area is 143 Å². The molecule has 1 atom stereocenters. The van der Waals surface area contributed by atoms with Gasteiger partial charge in [-0.3, -0.25) is 4.90 Å². The van der Waals surface area contributed by atoms with Gasteiger partial charge in [-0.15, -0.1) is 0 Å². The van der Waals surface area contributed by atoms with Gasteiger partial charge in [0.1, 0.15) is 0 Å². The predicted octanol–water partition coefficient (Wildman–Crippen LogP) is 2.85. The molecule has 2 aliphatic heterocycles. The summed E-state index contributed by atoms with van der Waals surface area (Å²) in [6.07, 6.45) is 6.16. The molecular formula is C19H25N3O2. The van der Waals surface area contributed by atoms with Crippen LogP contribution >= 0.6 is 0 Å². The van der Waals surface area contributed by atoms with E-state index in [0.29, 0.717) is 5.92 Å². The van der Waals surface area contributed by atoms with Gasteiger partial charge in [0.15, 0.2) is 5.79 Å². The van der Waals surface area contributed by atoms with Gasteiger partial charge in [0.25, 0.3) is 0 Å². The Morgan fingerprint density at radius 3 is 2.71 bits per heavy atom. The van der Waals surface area contributed by atoms with Crippen LogP contribution in [0.25, 0.3) is 5.69 Å². The van der Waals surface area contributed by atoms with Crippen LogP contribution in [0.1, 0.15) is 25.3 Å². The second-order valence-corrected chi connectivity index (χ2v) is 6.90. The summed E-state index contributed by atoms with van der Waals surface area (Å²) in [4.78, 5) is 2.52. The second-order valence-electron chi connectivity index (χ2n) is 6.90. The first-order valence-electron chi connectivity index (χ1n) is 8.82. The van der Waals surface area contributed by atoms with Gasteiger partial charge in [-0.1, -0.05) is 12.1 Å². The Hall–Kier alpha value is -1.69. The number of hydrogen-bond donors (Lipinski definition) is 0. The predicted molar refractivity (Wildman–Crippen MR) is 91.9 cm³/mol. The van der Waals surface area contributed by atoms with Crippen molar-refractivity contribution in [3.05, 3.63) is 48.3 Å². The van der Waals surface area contributed by atoms with Crippen LogP contribution in [0, 0.1) is 5.92 Å². The molecule has 2 saturated heterocycles. The maximum atomic E-state index is 5.88. The fraction of sp³-hybridized carbons (Fsp3) is 0.526. The van der Waals surface area contributed by atoms with E-state index in [9.17, 15) is 0 Å². The van der Waals surface area contributed by atoms with Gasteiger partial charge in [-0.2, -0.15) is 5.10 Å². The summed E-state index contributed by atoms with van der Waals surface area (Å²) in [6, 6.07) is 10.6. The summed E-state index contributed by atoms with van der Waals surface area (Å²) in [5, 5.41) is 4.27. The third-order valence-electron chi connectivity index (χ3n) is 5.22. The monoisotopic (exact) mass is 327 g/mol. The highest BCUT2D eigenvalue weighted by Crippen LogP contribution is 2.34. The minimum Gasteiger partial charge on any atom is -0.347 e. The smallest absolute Gasteiger partial charge is 0.169 e. The normalized spacial score (nSPS) is 24.3. The van der Waals surface area contributed by atoms with E-state index < -0.39 is 0 Å². The Bertz CT molecular complexity index is 648. The third-order valence-corrected chi connectivity index (χ3v) is 5.22. The summed E-state index contributed by atoms with van der Waals surface area (Å²) in [5.74, 6) is 0.0694. The van der Waals surface area contributed by atoms with E-state index in [1.165, 1.54) is 18.4 Å². The lowest BCUT2D eigenvalue weighted by Crippen LogP contribution is -2.46. The summed E-state index contributed by atoms with van der Waals surface area (Å²) in [6.45, 7) is 6.72. The molecule has 128 valence electrons. The molecule has 2 fully saturated rings. The molecule has 24 heavy (non-hydrogen) atoms. The average molecular weight is 327 g/mol.